The summed E-state index contributed by atoms with van der Waals surface area (Å²) in [6.07, 6.45) is 15.0. The molecule has 0 saturated carbocycles. The number of hydrogen-bond acceptors (Lipinski definition) is 4. The molecule has 1 saturated heterocycles. The fourth-order valence-corrected chi connectivity index (χ4v) is 3.32. The van der Waals surface area contributed by atoms with E-state index in [9.17, 15) is 4.79 Å². The predicted molar refractivity (Wildman–Crippen MR) is 92.3 cm³/mol. The van der Waals surface area contributed by atoms with Gasteiger partial charge in [-0.25, -0.2) is 0 Å². The van der Waals surface area contributed by atoms with E-state index < -0.39 is 5.60 Å². The number of cyclic esters (lactones) is 1. The lowest BCUT2D eigenvalue weighted by Gasteiger charge is -2.36. The van der Waals surface area contributed by atoms with E-state index in [2.05, 4.69) is 6.92 Å². The predicted octanol–water partition coefficient (Wildman–Crippen LogP) is 4.99. The van der Waals surface area contributed by atoms with Crippen LogP contribution in [-0.2, 0) is 19.0 Å². The standard InChI is InChI=1S/C19H36O4/c1-3-4-5-6-7-8-9-10-11-14-19(16-22-17-21-2)15-12-13-18(20)23-19/h3-17H2,1-2H3/t19-/m1/s1. The molecule has 0 unspecified atom stereocenters. The molecule has 136 valence electrons. The molecule has 1 atom stereocenters. The molecule has 0 aromatic rings. The smallest absolute Gasteiger partial charge is 0.306 e. The van der Waals surface area contributed by atoms with E-state index in [0.717, 1.165) is 25.7 Å². The SMILES string of the molecule is CCCCCCCCCCC[C@]1(COCOC)CCCC(=O)O1. The zero-order chi connectivity index (χ0) is 16.8. The van der Waals surface area contributed by atoms with Crippen LogP contribution < -0.4 is 0 Å². The Balaban J connectivity index is 2.17. The molecule has 4 nitrogen and oxygen atoms in total. The quantitative estimate of drug-likeness (QED) is 0.256. The minimum Gasteiger partial charge on any atom is -0.457 e. The van der Waals surface area contributed by atoms with Crippen LogP contribution in [0, 0.1) is 0 Å². The van der Waals surface area contributed by atoms with E-state index in [1.165, 1.54) is 51.4 Å². The molecule has 0 spiro atoms. The molecule has 0 aromatic carbocycles. The van der Waals surface area contributed by atoms with Crippen molar-refractivity contribution >= 4 is 5.97 Å². The van der Waals surface area contributed by atoms with E-state index >= 15 is 0 Å². The summed E-state index contributed by atoms with van der Waals surface area (Å²) < 4.78 is 16.1. The van der Waals surface area contributed by atoms with Gasteiger partial charge in [0.25, 0.3) is 0 Å². The summed E-state index contributed by atoms with van der Waals surface area (Å²) in [5.41, 5.74) is -0.408. The molecule has 1 heterocycles. The molecule has 0 aromatic heterocycles. The molecule has 0 radical (unpaired) electrons. The van der Waals surface area contributed by atoms with Crippen LogP contribution in [0.3, 0.4) is 0 Å². The fourth-order valence-electron chi connectivity index (χ4n) is 3.32. The van der Waals surface area contributed by atoms with Gasteiger partial charge in [-0.05, 0) is 25.7 Å². The van der Waals surface area contributed by atoms with Gasteiger partial charge in [0.2, 0.25) is 0 Å². The van der Waals surface area contributed by atoms with Crippen molar-refractivity contribution in [2.24, 2.45) is 0 Å². The van der Waals surface area contributed by atoms with Crippen molar-refractivity contribution in [3.8, 4) is 0 Å². The second-order valence-electron chi connectivity index (χ2n) is 6.84. The Kier molecular flexibility index (Phi) is 11.3. The van der Waals surface area contributed by atoms with Crippen molar-refractivity contribution in [3.05, 3.63) is 0 Å². The van der Waals surface area contributed by atoms with E-state index in [0.29, 0.717) is 13.0 Å². The Bertz CT molecular complexity index is 306. The number of methoxy groups -OCH3 is 1. The highest BCUT2D eigenvalue weighted by molar-refractivity contribution is 5.70. The molecule has 1 aliphatic rings. The van der Waals surface area contributed by atoms with E-state index in [4.69, 9.17) is 14.2 Å². The van der Waals surface area contributed by atoms with Crippen molar-refractivity contribution in [1.82, 2.24) is 0 Å². The third-order valence-electron chi connectivity index (χ3n) is 4.65. The second kappa shape index (κ2) is 12.8. The number of rotatable bonds is 14. The van der Waals surface area contributed by atoms with E-state index in [-0.39, 0.29) is 12.8 Å². The van der Waals surface area contributed by atoms with Crippen LogP contribution >= 0.6 is 0 Å². The zero-order valence-electron chi connectivity index (χ0n) is 15.2. The molecule has 23 heavy (non-hydrogen) atoms. The van der Waals surface area contributed by atoms with Gasteiger partial charge in [-0.2, -0.15) is 0 Å². The number of carbonyl (C=O) groups excluding carboxylic acids is 1. The first-order chi connectivity index (χ1) is 11.2. The highest BCUT2D eigenvalue weighted by Crippen LogP contribution is 2.31. The van der Waals surface area contributed by atoms with Gasteiger partial charge in [-0.1, -0.05) is 58.3 Å². The number of hydrogen-bond donors (Lipinski definition) is 0. The van der Waals surface area contributed by atoms with Gasteiger partial charge in [0, 0.05) is 13.5 Å². The van der Waals surface area contributed by atoms with Crippen molar-refractivity contribution in [3.63, 3.8) is 0 Å². The van der Waals surface area contributed by atoms with E-state index in [1.54, 1.807) is 7.11 Å². The van der Waals surface area contributed by atoms with Gasteiger partial charge in [-0.3, -0.25) is 4.79 Å². The lowest BCUT2D eigenvalue weighted by atomic mass is 9.88. The number of carbonyl (C=O) groups is 1. The molecule has 0 amide bonds. The molecule has 1 fully saturated rings. The van der Waals surface area contributed by atoms with Crippen molar-refractivity contribution in [1.29, 1.82) is 0 Å². The topological polar surface area (TPSA) is 44.8 Å². The van der Waals surface area contributed by atoms with Crippen LogP contribution in [0.15, 0.2) is 0 Å². The van der Waals surface area contributed by atoms with Gasteiger partial charge in [-0.15, -0.1) is 0 Å². The van der Waals surface area contributed by atoms with Gasteiger partial charge < -0.3 is 14.2 Å². The molecular formula is C19H36O4. The van der Waals surface area contributed by atoms with Gasteiger partial charge >= 0.3 is 5.97 Å². The van der Waals surface area contributed by atoms with Crippen LogP contribution in [0.5, 0.6) is 0 Å². The third-order valence-corrected chi connectivity index (χ3v) is 4.65. The lowest BCUT2D eigenvalue weighted by Crippen LogP contribution is -2.43. The molecule has 0 aliphatic carbocycles. The summed E-state index contributed by atoms with van der Waals surface area (Å²) in [6.45, 7) is 2.98. The Labute approximate surface area is 142 Å². The first kappa shape index (κ1) is 20.4. The Morgan fingerprint density at radius 3 is 2.30 bits per heavy atom. The number of unbranched alkanes of at least 4 members (excludes halogenated alkanes) is 8. The average molecular weight is 328 g/mol. The number of esters is 1. The monoisotopic (exact) mass is 328 g/mol. The molecular weight excluding hydrogens is 292 g/mol. The van der Waals surface area contributed by atoms with Gasteiger partial charge in [0.15, 0.2) is 0 Å². The van der Waals surface area contributed by atoms with Crippen molar-refractivity contribution < 1.29 is 19.0 Å². The highest BCUT2D eigenvalue weighted by atomic mass is 16.7. The summed E-state index contributed by atoms with van der Waals surface area (Å²) in [6, 6.07) is 0. The lowest BCUT2D eigenvalue weighted by molar-refractivity contribution is -0.183. The van der Waals surface area contributed by atoms with Crippen LogP contribution in [-0.4, -0.2) is 32.1 Å². The normalized spacial score (nSPS) is 21.4. The molecule has 4 heteroatoms. The van der Waals surface area contributed by atoms with Gasteiger partial charge in [0.1, 0.15) is 12.4 Å². The maximum Gasteiger partial charge on any atom is 0.306 e. The Hall–Kier alpha value is -0.610. The first-order valence-corrected chi connectivity index (χ1v) is 9.51. The maximum atomic E-state index is 11.7. The summed E-state index contributed by atoms with van der Waals surface area (Å²) in [5.74, 6) is -0.0757. The number of ether oxygens (including phenoxy) is 3. The molecule has 1 rings (SSSR count). The maximum absolute atomic E-state index is 11.7. The molecule has 1 aliphatic heterocycles. The minimum atomic E-state index is -0.408. The Morgan fingerprint density at radius 2 is 1.70 bits per heavy atom. The highest BCUT2D eigenvalue weighted by Gasteiger charge is 2.37. The van der Waals surface area contributed by atoms with Crippen LogP contribution in [0.1, 0.15) is 90.4 Å². The van der Waals surface area contributed by atoms with Crippen LogP contribution in [0.25, 0.3) is 0 Å². The third kappa shape index (κ3) is 9.31. The summed E-state index contributed by atoms with van der Waals surface area (Å²) in [4.78, 5) is 11.7. The zero-order valence-corrected chi connectivity index (χ0v) is 15.2. The summed E-state index contributed by atoms with van der Waals surface area (Å²) in [5, 5.41) is 0. The first-order valence-electron chi connectivity index (χ1n) is 9.51. The van der Waals surface area contributed by atoms with Crippen LogP contribution in [0.2, 0.25) is 0 Å². The second-order valence-corrected chi connectivity index (χ2v) is 6.84. The average Bonchev–Trinajstić information content (AvgIpc) is 2.54. The minimum absolute atomic E-state index is 0.0757. The van der Waals surface area contributed by atoms with Gasteiger partial charge in [0.05, 0.1) is 6.61 Å². The van der Waals surface area contributed by atoms with E-state index in [1.807, 2.05) is 0 Å². The van der Waals surface area contributed by atoms with Crippen molar-refractivity contribution in [2.45, 2.75) is 96.0 Å². The summed E-state index contributed by atoms with van der Waals surface area (Å²) >= 11 is 0. The van der Waals surface area contributed by atoms with Crippen LogP contribution in [0.4, 0.5) is 0 Å². The largest absolute Gasteiger partial charge is 0.457 e. The molecule has 0 N–H and O–H groups in total. The summed E-state index contributed by atoms with van der Waals surface area (Å²) in [7, 11) is 1.61. The Morgan fingerprint density at radius 1 is 1.04 bits per heavy atom. The fraction of sp³-hybridized carbons (Fsp3) is 0.947. The molecule has 0 bridgehead atoms. The van der Waals surface area contributed by atoms with Crippen molar-refractivity contribution in [2.75, 3.05) is 20.5 Å².